The van der Waals surface area contributed by atoms with Gasteiger partial charge in [0.25, 0.3) is 0 Å². The second-order valence-corrected chi connectivity index (χ2v) is 8.64. The van der Waals surface area contributed by atoms with Gasteiger partial charge in [0.15, 0.2) is 9.84 Å². The van der Waals surface area contributed by atoms with Crippen LogP contribution >= 0.6 is 0 Å². The van der Waals surface area contributed by atoms with E-state index in [0.717, 1.165) is 0 Å². The summed E-state index contributed by atoms with van der Waals surface area (Å²) in [5, 5.41) is 29.9. The van der Waals surface area contributed by atoms with Crippen LogP contribution < -0.4 is 0 Å². The molecule has 0 amide bonds. The Balaban J connectivity index is 1.99. The Kier molecular flexibility index (Phi) is 5.76. The molecule has 3 rings (SSSR count). The third-order valence-corrected chi connectivity index (χ3v) is 6.23. The molecule has 0 saturated carbocycles. The van der Waals surface area contributed by atoms with Crippen molar-refractivity contribution in [3.8, 4) is 5.75 Å². The summed E-state index contributed by atoms with van der Waals surface area (Å²) in [6.07, 6.45) is 0.651. The maximum Gasteiger partial charge on any atom is 0.339 e. The van der Waals surface area contributed by atoms with Gasteiger partial charge in [-0.3, -0.25) is 0 Å². The molecule has 7 nitrogen and oxygen atoms in total. The Bertz CT molecular complexity index is 1130. The van der Waals surface area contributed by atoms with Crippen molar-refractivity contribution in [3.05, 3.63) is 82.8 Å². The third-order valence-electron chi connectivity index (χ3n) is 4.55. The monoisotopic (exact) mass is 416 g/mol. The Labute approximate surface area is 167 Å². The van der Waals surface area contributed by atoms with Gasteiger partial charge in [0.2, 0.25) is 0 Å². The average Bonchev–Trinajstić information content (AvgIpc) is 3.13. The number of phenols is 1. The fourth-order valence-corrected chi connectivity index (χ4v) is 4.55. The average molecular weight is 416 g/mol. The van der Waals surface area contributed by atoms with Gasteiger partial charge in [0, 0.05) is 12.0 Å². The minimum absolute atomic E-state index is 0.00875. The van der Waals surface area contributed by atoms with E-state index in [9.17, 15) is 28.5 Å². The molecule has 2 aromatic carbocycles. The highest BCUT2D eigenvalue weighted by atomic mass is 32.2. The molecule has 3 aromatic rings. The molecule has 1 heterocycles. The van der Waals surface area contributed by atoms with Crippen molar-refractivity contribution in [2.75, 3.05) is 0 Å². The molecule has 152 valence electrons. The van der Waals surface area contributed by atoms with Crippen molar-refractivity contribution in [1.82, 2.24) is 0 Å². The first-order valence-corrected chi connectivity index (χ1v) is 10.4. The highest BCUT2D eigenvalue weighted by Crippen LogP contribution is 2.32. The van der Waals surface area contributed by atoms with Gasteiger partial charge in [-0.25, -0.2) is 13.2 Å². The lowest BCUT2D eigenvalue weighted by molar-refractivity contribution is 0.0692. The fraction of sp³-hybridized carbons (Fsp3) is 0.190. The zero-order valence-electron chi connectivity index (χ0n) is 15.6. The van der Waals surface area contributed by atoms with Gasteiger partial charge in [-0.2, -0.15) is 0 Å². The summed E-state index contributed by atoms with van der Waals surface area (Å²) in [5.74, 6) is -2.17. The summed E-state index contributed by atoms with van der Waals surface area (Å²) >= 11 is 0. The first-order chi connectivity index (χ1) is 13.7. The predicted octanol–water partition coefficient (Wildman–Crippen LogP) is 3.30. The molecule has 0 fully saturated rings. The number of carboxylic acids is 1. The highest BCUT2D eigenvalue weighted by molar-refractivity contribution is 7.90. The number of rotatable bonds is 7. The largest absolute Gasteiger partial charge is 0.507 e. The Morgan fingerprint density at radius 3 is 2.31 bits per heavy atom. The number of hydrogen-bond donors (Lipinski definition) is 3. The van der Waals surface area contributed by atoms with Crippen LogP contribution in [-0.2, 0) is 22.0 Å². The van der Waals surface area contributed by atoms with Crippen molar-refractivity contribution >= 4 is 15.8 Å². The van der Waals surface area contributed by atoms with Crippen LogP contribution in [0.3, 0.4) is 0 Å². The van der Waals surface area contributed by atoms with E-state index in [1.54, 1.807) is 24.3 Å². The topological polar surface area (TPSA) is 125 Å². The quantitative estimate of drug-likeness (QED) is 0.539. The number of hydrogen-bond acceptors (Lipinski definition) is 6. The maximum absolute atomic E-state index is 12.6. The van der Waals surface area contributed by atoms with E-state index >= 15 is 0 Å². The number of furan rings is 1. The van der Waals surface area contributed by atoms with Crippen molar-refractivity contribution in [3.63, 3.8) is 0 Å². The van der Waals surface area contributed by atoms with E-state index in [2.05, 4.69) is 0 Å². The molecule has 1 aromatic heterocycles. The summed E-state index contributed by atoms with van der Waals surface area (Å²) in [6.45, 7) is 1.53. The van der Waals surface area contributed by atoms with Gasteiger partial charge in [0.05, 0.1) is 16.9 Å². The van der Waals surface area contributed by atoms with E-state index in [0.29, 0.717) is 11.3 Å². The van der Waals surface area contributed by atoms with E-state index in [1.807, 2.05) is 0 Å². The van der Waals surface area contributed by atoms with Gasteiger partial charge in [-0.1, -0.05) is 30.3 Å². The molecule has 8 heteroatoms. The first kappa shape index (κ1) is 20.6. The van der Waals surface area contributed by atoms with Crippen LogP contribution in [-0.4, -0.2) is 29.7 Å². The van der Waals surface area contributed by atoms with Crippen LogP contribution in [0.15, 0.2) is 64.1 Å². The van der Waals surface area contributed by atoms with Crippen LogP contribution in [0.4, 0.5) is 0 Å². The van der Waals surface area contributed by atoms with Gasteiger partial charge in [-0.15, -0.1) is 0 Å². The van der Waals surface area contributed by atoms with E-state index in [-0.39, 0.29) is 22.4 Å². The van der Waals surface area contributed by atoms with Crippen LogP contribution in [0.25, 0.3) is 0 Å². The van der Waals surface area contributed by atoms with Crippen molar-refractivity contribution in [1.29, 1.82) is 0 Å². The number of aliphatic hydroxyl groups excluding tert-OH is 1. The summed E-state index contributed by atoms with van der Waals surface area (Å²) in [6, 6.07) is 12.2. The zero-order valence-corrected chi connectivity index (χ0v) is 16.4. The molecule has 1 unspecified atom stereocenters. The molecule has 0 saturated heterocycles. The summed E-state index contributed by atoms with van der Waals surface area (Å²) in [4.78, 5) is 11.9. The Morgan fingerprint density at radius 2 is 1.69 bits per heavy atom. The minimum Gasteiger partial charge on any atom is -0.507 e. The molecular formula is C21H20O7S. The zero-order chi connectivity index (χ0) is 21.2. The number of aromatic hydroxyl groups is 1. The molecule has 0 aliphatic carbocycles. The van der Waals surface area contributed by atoms with Gasteiger partial charge in [0.1, 0.15) is 23.2 Å². The minimum atomic E-state index is -3.79. The fourth-order valence-electron chi connectivity index (χ4n) is 3.16. The lowest BCUT2D eigenvalue weighted by Crippen LogP contribution is -2.11. The number of aliphatic hydroxyl groups is 1. The SMILES string of the molecule is CC(O)c1occc1Cc1ccc(CS(=O)(=O)c2ccccc2)c(C(=O)O)c1O. The van der Waals surface area contributed by atoms with E-state index < -0.39 is 39.0 Å². The van der Waals surface area contributed by atoms with Crippen molar-refractivity contribution in [2.24, 2.45) is 0 Å². The third kappa shape index (κ3) is 4.33. The number of benzene rings is 2. The molecule has 0 spiro atoms. The second kappa shape index (κ2) is 8.10. The van der Waals surface area contributed by atoms with Crippen LogP contribution in [0.5, 0.6) is 5.75 Å². The molecule has 0 radical (unpaired) electrons. The second-order valence-electron chi connectivity index (χ2n) is 6.65. The summed E-state index contributed by atoms with van der Waals surface area (Å²) in [5.41, 5.74) is 0.414. The van der Waals surface area contributed by atoms with Gasteiger partial charge in [-0.05, 0) is 36.2 Å². The number of carbonyl (C=O) groups is 1. The number of carboxylic acid groups (broad SMARTS) is 1. The van der Waals surface area contributed by atoms with Gasteiger partial charge >= 0.3 is 5.97 Å². The molecule has 0 bridgehead atoms. The smallest absolute Gasteiger partial charge is 0.339 e. The highest BCUT2D eigenvalue weighted by Gasteiger charge is 2.25. The van der Waals surface area contributed by atoms with Crippen LogP contribution in [0, 0.1) is 0 Å². The molecular weight excluding hydrogens is 396 g/mol. The number of aromatic carboxylic acids is 1. The lowest BCUT2D eigenvalue weighted by Gasteiger charge is -2.13. The predicted molar refractivity (Wildman–Crippen MR) is 105 cm³/mol. The van der Waals surface area contributed by atoms with Gasteiger partial charge < -0.3 is 19.7 Å². The standard InChI is InChI=1S/C21H20O7S/c1-13(22)20-15(9-10-28-20)11-14-7-8-16(18(19(14)23)21(24)25)12-29(26,27)17-5-3-2-4-6-17/h2-10,13,22-23H,11-12H2,1H3,(H,24,25). The van der Waals surface area contributed by atoms with Crippen LogP contribution in [0.2, 0.25) is 0 Å². The summed E-state index contributed by atoms with van der Waals surface area (Å²) in [7, 11) is -3.79. The normalized spacial score (nSPS) is 12.6. The molecule has 1 atom stereocenters. The first-order valence-electron chi connectivity index (χ1n) is 8.80. The van der Waals surface area contributed by atoms with Crippen molar-refractivity contribution < 1.29 is 32.9 Å². The molecule has 0 aliphatic heterocycles. The number of sulfone groups is 1. The maximum atomic E-state index is 12.6. The molecule has 29 heavy (non-hydrogen) atoms. The summed E-state index contributed by atoms with van der Waals surface area (Å²) < 4.78 is 30.5. The lowest BCUT2D eigenvalue weighted by atomic mass is 9.97. The van der Waals surface area contributed by atoms with Crippen molar-refractivity contribution in [2.45, 2.75) is 30.1 Å². The molecule has 0 aliphatic rings. The van der Waals surface area contributed by atoms with E-state index in [4.69, 9.17) is 4.42 Å². The van der Waals surface area contributed by atoms with E-state index in [1.165, 1.54) is 37.5 Å². The van der Waals surface area contributed by atoms with Crippen LogP contribution in [0.1, 0.15) is 45.8 Å². The Morgan fingerprint density at radius 1 is 1.03 bits per heavy atom. The Hall–Kier alpha value is -3.10. The molecule has 3 N–H and O–H groups in total.